The Hall–Kier alpha value is -1.36. The van der Waals surface area contributed by atoms with E-state index in [-0.39, 0.29) is 18.0 Å². The quantitative estimate of drug-likeness (QED) is 0.634. The average molecular weight is 187 g/mol. The Morgan fingerprint density at radius 3 is 2.92 bits per heavy atom. The fourth-order valence-electron chi connectivity index (χ4n) is 0.994. The highest BCUT2D eigenvalue weighted by atomic mass is 35.5. The van der Waals surface area contributed by atoms with Gasteiger partial charge in [-0.3, -0.25) is 4.79 Å². The molecule has 0 aliphatic heterocycles. The lowest BCUT2D eigenvalue weighted by atomic mass is 10.5. The van der Waals surface area contributed by atoms with Crippen LogP contribution in [0.3, 0.4) is 0 Å². The number of H-pyrrole nitrogens is 1. The maximum absolute atomic E-state index is 11.1. The third-order valence-corrected chi connectivity index (χ3v) is 1.52. The summed E-state index contributed by atoms with van der Waals surface area (Å²) in [5.74, 6) is 0. The highest BCUT2D eigenvalue weighted by Crippen LogP contribution is 1.99. The monoisotopic (exact) mass is 186 g/mol. The number of aromatic nitrogens is 4. The number of hydrogen-bond donors (Lipinski definition) is 1. The highest BCUT2D eigenvalue weighted by Gasteiger charge is 2.02. The van der Waals surface area contributed by atoms with Crippen LogP contribution in [-0.2, 0) is 7.05 Å². The number of halogens is 1. The molecule has 0 fully saturated rings. The minimum Gasteiger partial charge on any atom is -0.328 e. The van der Waals surface area contributed by atoms with Crippen LogP contribution in [0.5, 0.6) is 0 Å². The van der Waals surface area contributed by atoms with Crippen LogP contribution in [0.1, 0.15) is 0 Å². The Bertz CT molecular complexity index is 446. The van der Waals surface area contributed by atoms with Crippen molar-refractivity contribution in [2.75, 3.05) is 0 Å². The Morgan fingerprint density at radius 1 is 1.50 bits per heavy atom. The van der Waals surface area contributed by atoms with E-state index < -0.39 is 0 Å². The third kappa shape index (κ3) is 1.08. The molecule has 0 bridgehead atoms. The van der Waals surface area contributed by atoms with Crippen molar-refractivity contribution >= 4 is 23.6 Å². The Morgan fingerprint density at radius 2 is 2.25 bits per heavy atom. The number of hydrogen-bond acceptors (Lipinski definition) is 3. The Labute approximate surface area is 73.9 Å². The van der Waals surface area contributed by atoms with Crippen LogP contribution in [0, 0.1) is 0 Å². The normalized spacial score (nSPS) is 9.75. The second-order valence-electron chi connectivity index (χ2n) is 2.26. The number of fused-ring (bicyclic) bond motifs is 1. The molecule has 5 nitrogen and oxygen atoms in total. The molecule has 2 aromatic heterocycles. The van der Waals surface area contributed by atoms with Crippen LogP contribution in [0.15, 0.2) is 17.4 Å². The Kier molecular flexibility index (Phi) is 2.14. The molecule has 0 amide bonds. The van der Waals surface area contributed by atoms with Crippen LogP contribution < -0.4 is 5.56 Å². The van der Waals surface area contributed by atoms with Crippen LogP contribution in [-0.4, -0.2) is 19.5 Å². The van der Waals surface area contributed by atoms with Crippen LogP contribution in [0.25, 0.3) is 11.2 Å². The molecule has 0 aromatic carbocycles. The van der Waals surface area contributed by atoms with Crippen molar-refractivity contribution in [3.8, 4) is 0 Å². The maximum Gasteiger partial charge on any atom is 0.276 e. The van der Waals surface area contributed by atoms with E-state index in [1.807, 2.05) is 0 Å². The van der Waals surface area contributed by atoms with Gasteiger partial charge in [-0.05, 0) is 0 Å². The summed E-state index contributed by atoms with van der Waals surface area (Å²) in [6, 6.07) is 0. The largest absolute Gasteiger partial charge is 0.328 e. The SMILES string of the molecule is Cl.Cn1cnc2nc[nH]c(=O)c21. The smallest absolute Gasteiger partial charge is 0.276 e. The summed E-state index contributed by atoms with van der Waals surface area (Å²) >= 11 is 0. The molecule has 0 aliphatic carbocycles. The predicted molar refractivity (Wildman–Crippen MR) is 46.4 cm³/mol. The van der Waals surface area contributed by atoms with E-state index >= 15 is 0 Å². The fourth-order valence-corrected chi connectivity index (χ4v) is 0.994. The number of aryl methyl sites for hydroxylation is 1. The minimum absolute atomic E-state index is 0. The van der Waals surface area contributed by atoms with Gasteiger partial charge in [-0.2, -0.15) is 0 Å². The molecule has 12 heavy (non-hydrogen) atoms. The Balaban J connectivity index is 0.000000720. The second-order valence-corrected chi connectivity index (χ2v) is 2.26. The van der Waals surface area contributed by atoms with E-state index in [2.05, 4.69) is 15.0 Å². The highest BCUT2D eigenvalue weighted by molar-refractivity contribution is 5.85. The maximum atomic E-state index is 11.1. The van der Waals surface area contributed by atoms with Gasteiger partial charge in [-0.15, -0.1) is 12.4 Å². The predicted octanol–water partition coefficient (Wildman–Crippen LogP) is 0.0784. The van der Waals surface area contributed by atoms with Crippen LogP contribution in [0.2, 0.25) is 0 Å². The molecule has 2 rings (SSSR count). The van der Waals surface area contributed by atoms with Gasteiger partial charge in [0.15, 0.2) is 11.2 Å². The van der Waals surface area contributed by atoms with Crippen molar-refractivity contribution in [1.82, 2.24) is 19.5 Å². The van der Waals surface area contributed by atoms with Gasteiger partial charge in [-0.25, -0.2) is 9.97 Å². The fraction of sp³-hybridized carbons (Fsp3) is 0.167. The van der Waals surface area contributed by atoms with Gasteiger partial charge in [0.25, 0.3) is 5.56 Å². The van der Waals surface area contributed by atoms with Crippen molar-refractivity contribution in [2.45, 2.75) is 0 Å². The lowest BCUT2D eigenvalue weighted by Gasteiger charge is -1.88. The molecule has 1 N–H and O–H groups in total. The molecular formula is C6H7ClN4O. The molecule has 0 radical (unpaired) electrons. The average Bonchev–Trinajstić information content (AvgIpc) is 2.34. The molecule has 2 aromatic rings. The summed E-state index contributed by atoms with van der Waals surface area (Å²) in [7, 11) is 1.76. The van der Waals surface area contributed by atoms with Crippen LogP contribution >= 0.6 is 12.4 Å². The molecule has 0 aliphatic rings. The number of aromatic amines is 1. The zero-order valence-electron chi connectivity index (χ0n) is 6.31. The van der Waals surface area contributed by atoms with E-state index in [9.17, 15) is 4.79 Å². The number of imidazole rings is 1. The van der Waals surface area contributed by atoms with Gasteiger partial charge in [0, 0.05) is 7.05 Å². The van der Waals surface area contributed by atoms with Gasteiger partial charge in [-0.1, -0.05) is 0 Å². The van der Waals surface area contributed by atoms with Gasteiger partial charge in [0.1, 0.15) is 0 Å². The first-order valence-corrected chi connectivity index (χ1v) is 3.14. The summed E-state index contributed by atoms with van der Waals surface area (Å²) in [5.41, 5.74) is 0.832. The van der Waals surface area contributed by atoms with Crippen LogP contribution in [0.4, 0.5) is 0 Å². The first-order valence-electron chi connectivity index (χ1n) is 3.14. The second kappa shape index (κ2) is 2.94. The number of rotatable bonds is 0. The van der Waals surface area contributed by atoms with Gasteiger partial charge in [0.2, 0.25) is 0 Å². The van der Waals surface area contributed by atoms with Crippen molar-refractivity contribution in [3.05, 3.63) is 23.0 Å². The van der Waals surface area contributed by atoms with Gasteiger partial charge >= 0.3 is 0 Å². The topological polar surface area (TPSA) is 63.6 Å². The van der Waals surface area contributed by atoms with E-state index in [1.165, 1.54) is 6.33 Å². The number of nitrogens with zero attached hydrogens (tertiary/aromatic N) is 3. The lowest BCUT2D eigenvalue weighted by Crippen LogP contribution is -2.08. The zero-order valence-corrected chi connectivity index (χ0v) is 7.13. The van der Waals surface area contributed by atoms with Crippen molar-refractivity contribution in [1.29, 1.82) is 0 Å². The first kappa shape index (κ1) is 8.73. The van der Waals surface area contributed by atoms with Crippen molar-refractivity contribution in [2.24, 2.45) is 7.05 Å². The molecule has 0 unspecified atom stereocenters. The summed E-state index contributed by atoms with van der Waals surface area (Å²) < 4.78 is 1.64. The molecule has 0 spiro atoms. The molecule has 0 atom stereocenters. The zero-order chi connectivity index (χ0) is 7.84. The molecule has 6 heteroatoms. The lowest BCUT2D eigenvalue weighted by molar-refractivity contribution is 0.938. The number of nitrogens with one attached hydrogen (secondary N) is 1. The summed E-state index contributed by atoms with van der Waals surface area (Å²) in [5, 5.41) is 0. The third-order valence-electron chi connectivity index (χ3n) is 1.52. The standard InChI is InChI=1S/C6H6N4O.ClH/c1-10-3-9-5-4(10)6(11)8-2-7-5;/h2-3H,1H3,(H,7,8,11);1H. The molecular weight excluding hydrogens is 180 g/mol. The molecule has 0 saturated carbocycles. The van der Waals surface area contributed by atoms with Gasteiger partial charge < -0.3 is 9.55 Å². The molecule has 0 saturated heterocycles. The van der Waals surface area contributed by atoms with E-state index in [0.29, 0.717) is 11.2 Å². The molecule has 2 heterocycles. The summed E-state index contributed by atoms with van der Waals surface area (Å²) in [6.45, 7) is 0. The summed E-state index contributed by atoms with van der Waals surface area (Å²) in [4.78, 5) is 21.4. The first-order chi connectivity index (χ1) is 5.29. The van der Waals surface area contributed by atoms with Gasteiger partial charge in [0.05, 0.1) is 12.7 Å². The van der Waals surface area contributed by atoms with Crippen molar-refractivity contribution < 1.29 is 0 Å². The van der Waals surface area contributed by atoms with E-state index in [0.717, 1.165) is 0 Å². The van der Waals surface area contributed by atoms with Crippen molar-refractivity contribution in [3.63, 3.8) is 0 Å². The minimum atomic E-state index is -0.157. The van der Waals surface area contributed by atoms with E-state index in [4.69, 9.17) is 0 Å². The molecule has 64 valence electrons. The van der Waals surface area contributed by atoms with E-state index in [1.54, 1.807) is 17.9 Å². The summed E-state index contributed by atoms with van der Waals surface area (Å²) in [6.07, 6.45) is 2.91.